The van der Waals surface area contributed by atoms with Crippen molar-refractivity contribution < 1.29 is 34.8 Å². The van der Waals surface area contributed by atoms with Crippen molar-refractivity contribution in [1.82, 2.24) is 5.32 Å². The molecule has 0 spiro atoms. The Morgan fingerprint density at radius 1 is 0.882 bits per heavy atom. The van der Waals surface area contributed by atoms with E-state index in [1.54, 1.807) is 0 Å². The minimum absolute atomic E-state index is 0.536. The van der Waals surface area contributed by atoms with Crippen molar-refractivity contribution in [3.63, 3.8) is 0 Å². The second-order valence-electron chi connectivity index (χ2n) is 8.25. The zero-order valence-corrected chi connectivity index (χ0v) is 19.7. The van der Waals surface area contributed by atoms with E-state index in [4.69, 9.17) is 20.4 Å². The number of rotatable bonds is 13. The highest BCUT2D eigenvalue weighted by Crippen LogP contribution is 2.16. The van der Waals surface area contributed by atoms with Gasteiger partial charge in [-0.15, -0.1) is 0 Å². The van der Waals surface area contributed by atoms with Crippen molar-refractivity contribution >= 4 is 17.9 Å². The van der Waals surface area contributed by atoms with E-state index >= 15 is 0 Å². The molecule has 1 unspecified atom stereocenters. The fourth-order valence-corrected chi connectivity index (χ4v) is 3.50. The molecule has 0 saturated heterocycles. The smallest absolute Gasteiger partial charge is 0.336 e. The molecule has 0 aromatic heterocycles. The van der Waals surface area contributed by atoms with E-state index in [1.165, 1.54) is 23.1 Å². The Morgan fingerprint density at radius 2 is 1.41 bits per heavy atom. The highest BCUT2D eigenvalue weighted by Gasteiger charge is 2.40. The van der Waals surface area contributed by atoms with E-state index in [1.807, 2.05) is 0 Å². The fourth-order valence-electron chi connectivity index (χ4n) is 3.50. The van der Waals surface area contributed by atoms with E-state index in [0.717, 1.165) is 25.8 Å². The molecule has 0 saturated carbocycles. The van der Waals surface area contributed by atoms with Gasteiger partial charge in [0.1, 0.15) is 0 Å². The van der Waals surface area contributed by atoms with E-state index < -0.39 is 36.4 Å². The Labute approximate surface area is 200 Å². The van der Waals surface area contributed by atoms with Crippen LogP contribution in [-0.2, 0) is 33.6 Å². The number of aryl methyl sites for hydroxylation is 2. The third kappa shape index (κ3) is 11.1. The first kappa shape index (κ1) is 28.8. The molecule has 0 bridgehead atoms. The fraction of sp³-hybridized carbons (Fsp3) is 0.423. The summed E-state index contributed by atoms with van der Waals surface area (Å²) < 4.78 is 0. The number of nitrogens with one attached hydrogen (secondary N) is 1. The number of aliphatic hydroxyl groups is 1. The van der Waals surface area contributed by atoms with Gasteiger partial charge in [0.2, 0.25) is 0 Å². The van der Waals surface area contributed by atoms with Crippen LogP contribution in [-0.4, -0.2) is 56.5 Å². The topological polar surface area (TPSA) is 144 Å². The Bertz CT molecular complexity index is 898. The molecule has 0 aliphatic rings. The van der Waals surface area contributed by atoms with Gasteiger partial charge >= 0.3 is 17.9 Å². The molecule has 8 nitrogen and oxygen atoms in total. The summed E-state index contributed by atoms with van der Waals surface area (Å²) in [6.07, 6.45) is 2.31. The molecule has 1 atom stereocenters. The number of aliphatic carboxylic acids is 3. The monoisotopic (exact) mass is 473 g/mol. The van der Waals surface area contributed by atoms with Gasteiger partial charge in [0.05, 0.1) is 12.8 Å². The largest absolute Gasteiger partial charge is 0.481 e. The van der Waals surface area contributed by atoms with E-state index in [0.29, 0.717) is 6.04 Å². The summed E-state index contributed by atoms with van der Waals surface area (Å²) in [6.45, 7) is 5.61. The maximum Gasteiger partial charge on any atom is 0.336 e. The molecule has 8 heteroatoms. The summed E-state index contributed by atoms with van der Waals surface area (Å²) in [5.74, 6) is -5.02. The molecule has 5 N–H and O–H groups in total. The Balaban J connectivity index is 0.000000385. The maximum absolute atomic E-state index is 10.3. The zero-order chi connectivity index (χ0) is 25.6. The lowest BCUT2D eigenvalue weighted by Gasteiger charge is -2.18. The van der Waals surface area contributed by atoms with Crippen molar-refractivity contribution in [2.45, 2.75) is 64.0 Å². The van der Waals surface area contributed by atoms with Gasteiger partial charge in [-0.05, 0) is 55.8 Å². The molecule has 34 heavy (non-hydrogen) atoms. The quantitative estimate of drug-likeness (QED) is 0.279. The van der Waals surface area contributed by atoms with Crippen molar-refractivity contribution in [3.8, 4) is 0 Å². The van der Waals surface area contributed by atoms with E-state index in [2.05, 4.69) is 73.8 Å². The molecular formula is C26H35NO7. The first-order chi connectivity index (χ1) is 16.1. The van der Waals surface area contributed by atoms with E-state index in [-0.39, 0.29) is 0 Å². The number of hydrogen-bond acceptors (Lipinski definition) is 5. The first-order valence-electron chi connectivity index (χ1n) is 11.3. The Morgan fingerprint density at radius 3 is 1.91 bits per heavy atom. The van der Waals surface area contributed by atoms with Gasteiger partial charge in [-0.1, -0.05) is 61.5 Å². The molecule has 2 aromatic rings. The molecule has 2 aromatic carbocycles. The zero-order valence-electron chi connectivity index (χ0n) is 19.7. The van der Waals surface area contributed by atoms with Gasteiger partial charge in [0.25, 0.3) is 0 Å². The van der Waals surface area contributed by atoms with Crippen LogP contribution < -0.4 is 5.32 Å². The van der Waals surface area contributed by atoms with Crippen molar-refractivity contribution in [1.29, 1.82) is 0 Å². The lowest BCUT2D eigenvalue weighted by molar-refractivity contribution is -0.170. The molecule has 0 aliphatic heterocycles. The third-order valence-electron chi connectivity index (χ3n) is 5.29. The minimum atomic E-state index is -2.74. The van der Waals surface area contributed by atoms with Crippen LogP contribution in [0, 0.1) is 0 Å². The summed E-state index contributed by atoms with van der Waals surface area (Å²) in [6, 6.07) is 20.1. The number of carbonyl (C=O) groups is 3. The summed E-state index contributed by atoms with van der Waals surface area (Å²) in [5.41, 5.74) is 1.67. The van der Waals surface area contributed by atoms with Crippen LogP contribution in [0.4, 0.5) is 0 Å². The number of benzene rings is 2. The summed E-state index contributed by atoms with van der Waals surface area (Å²) in [5, 5.41) is 37.5. The molecule has 0 radical (unpaired) electrons. The lowest BCUT2D eigenvalue weighted by Crippen LogP contribution is -2.42. The van der Waals surface area contributed by atoms with Crippen molar-refractivity contribution in [2.24, 2.45) is 0 Å². The van der Waals surface area contributed by atoms with Gasteiger partial charge < -0.3 is 25.7 Å². The molecular weight excluding hydrogens is 438 g/mol. The highest BCUT2D eigenvalue weighted by atomic mass is 16.4. The molecule has 0 amide bonds. The second kappa shape index (κ2) is 14.8. The number of carboxylic acid groups (broad SMARTS) is 3. The summed E-state index contributed by atoms with van der Waals surface area (Å²) in [4.78, 5) is 30.5. The second-order valence-corrected chi connectivity index (χ2v) is 8.25. The van der Waals surface area contributed by atoms with Gasteiger partial charge in [-0.3, -0.25) is 9.59 Å². The predicted molar refractivity (Wildman–Crippen MR) is 129 cm³/mol. The van der Waals surface area contributed by atoms with Crippen molar-refractivity contribution in [3.05, 3.63) is 71.3 Å². The molecule has 2 rings (SSSR count). The SMILES string of the molecule is CCc1ccccc1CC(C)NCCCc1ccccc1.O=C(O)CC(O)(CC(=O)O)C(=O)O. The maximum atomic E-state index is 10.3. The molecule has 186 valence electrons. The molecule has 0 aliphatic carbocycles. The third-order valence-corrected chi connectivity index (χ3v) is 5.29. The van der Waals surface area contributed by atoms with Gasteiger partial charge in [-0.2, -0.15) is 0 Å². The Kier molecular flexibility index (Phi) is 12.6. The highest BCUT2D eigenvalue weighted by molar-refractivity contribution is 5.88. The number of carboxylic acids is 3. The minimum Gasteiger partial charge on any atom is -0.481 e. The van der Waals surface area contributed by atoms with Crippen LogP contribution in [0.15, 0.2) is 54.6 Å². The van der Waals surface area contributed by atoms with Crippen molar-refractivity contribution in [2.75, 3.05) is 6.54 Å². The Hall–Kier alpha value is -3.23. The van der Waals surface area contributed by atoms with Crippen LogP contribution >= 0.6 is 0 Å². The average Bonchev–Trinajstić information content (AvgIpc) is 2.77. The average molecular weight is 474 g/mol. The van der Waals surface area contributed by atoms with Crippen LogP contribution in [0.3, 0.4) is 0 Å². The predicted octanol–water partition coefficient (Wildman–Crippen LogP) is 3.15. The summed E-state index contributed by atoms with van der Waals surface area (Å²) >= 11 is 0. The molecule has 0 heterocycles. The number of hydrogen-bond donors (Lipinski definition) is 5. The summed E-state index contributed by atoms with van der Waals surface area (Å²) in [7, 11) is 0. The van der Waals surface area contributed by atoms with E-state index in [9.17, 15) is 14.4 Å². The molecule has 0 fully saturated rings. The van der Waals surface area contributed by atoms with Gasteiger partial charge in [0, 0.05) is 6.04 Å². The first-order valence-corrected chi connectivity index (χ1v) is 11.3. The van der Waals surface area contributed by atoms with Crippen LogP contribution in [0.25, 0.3) is 0 Å². The van der Waals surface area contributed by atoms with Crippen LogP contribution in [0.5, 0.6) is 0 Å². The van der Waals surface area contributed by atoms with Gasteiger partial charge in [-0.25, -0.2) is 4.79 Å². The standard InChI is InChI=1S/C20H27N.C6H8O7/c1-3-19-13-7-8-14-20(19)16-17(2)21-15-9-12-18-10-5-4-6-11-18;7-3(8)1-6(13,5(11)12)2-4(9)10/h4-8,10-11,13-14,17,21H,3,9,12,15-16H2,1-2H3;13H,1-2H2,(H,7,8)(H,9,10)(H,11,12). The van der Waals surface area contributed by atoms with Crippen LogP contribution in [0.1, 0.15) is 49.8 Å². The van der Waals surface area contributed by atoms with Gasteiger partial charge in [0.15, 0.2) is 5.60 Å². The lowest BCUT2D eigenvalue weighted by atomic mass is 9.96. The normalized spacial score (nSPS) is 11.7. The van der Waals surface area contributed by atoms with Crippen LogP contribution in [0.2, 0.25) is 0 Å².